The smallest absolute Gasteiger partial charge is 0.221 e. The minimum Gasteiger partial charge on any atom is -0.369 e. The monoisotopic (exact) mass is 479 g/mol. The van der Waals surface area contributed by atoms with E-state index in [0.717, 1.165) is 39.7 Å². The van der Waals surface area contributed by atoms with E-state index < -0.39 is 10.0 Å². The summed E-state index contributed by atoms with van der Waals surface area (Å²) in [7, 11) is -3.25. The number of carbonyl (C=O) groups is 1. The van der Waals surface area contributed by atoms with Gasteiger partial charge in [0, 0.05) is 40.9 Å². The molecule has 3 N–H and O–H groups in total. The minimum atomic E-state index is -3.25. The molecule has 3 aromatic rings. The van der Waals surface area contributed by atoms with Gasteiger partial charge in [0.1, 0.15) is 0 Å². The minimum absolute atomic E-state index is 0.106. The summed E-state index contributed by atoms with van der Waals surface area (Å²) in [6, 6.07) is 8.28. The summed E-state index contributed by atoms with van der Waals surface area (Å²) < 4.78 is 26.6. The van der Waals surface area contributed by atoms with Gasteiger partial charge in [-0.25, -0.2) is 12.7 Å². The van der Waals surface area contributed by atoms with Crippen LogP contribution in [-0.2, 0) is 21.2 Å². The van der Waals surface area contributed by atoms with Gasteiger partial charge in [0.2, 0.25) is 15.9 Å². The number of fused-ring (bicyclic) bond motifs is 1. The molecule has 1 aliphatic heterocycles. The average molecular weight is 480 g/mol. The van der Waals surface area contributed by atoms with Crippen LogP contribution in [0.3, 0.4) is 0 Å². The van der Waals surface area contributed by atoms with Crippen molar-refractivity contribution in [1.29, 1.82) is 0 Å². The van der Waals surface area contributed by atoms with Gasteiger partial charge >= 0.3 is 0 Å². The van der Waals surface area contributed by atoms with E-state index in [2.05, 4.69) is 17.1 Å². The number of rotatable bonds is 8. The summed E-state index contributed by atoms with van der Waals surface area (Å²) in [6.07, 6.45) is 4.19. The maximum atomic E-state index is 12.5. The molecule has 0 radical (unpaired) electrons. The normalized spacial score (nSPS) is 16.2. The van der Waals surface area contributed by atoms with Crippen LogP contribution in [0.1, 0.15) is 36.3 Å². The number of H-pyrrole nitrogens is 1. The maximum absolute atomic E-state index is 12.5. The van der Waals surface area contributed by atoms with Gasteiger partial charge in [-0.2, -0.15) is 0 Å². The number of thiophene rings is 1. The Kier molecular flexibility index (Phi) is 6.71. The zero-order valence-electron chi connectivity index (χ0n) is 17.1. The van der Waals surface area contributed by atoms with E-state index >= 15 is 0 Å². The second-order valence-electron chi connectivity index (χ2n) is 7.95. The number of primary amides is 1. The Balaban J connectivity index is 1.63. The number of nitrogens with one attached hydrogen (secondary N) is 1. The van der Waals surface area contributed by atoms with Gasteiger partial charge in [0.15, 0.2) is 0 Å². The number of nitrogens with two attached hydrogens (primary N) is 1. The topological polar surface area (TPSA) is 96.3 Å². The van der Waals surface area contributed by atoms with Crippen molar-refractivity contribution in [3.8, 4) is 10.4 Å². The zero-order chi connectivity index (χ0) is 22.0. The number of hydrogen-bond acceptors (Lipinski definition) is 4. The first-order valence-electron chi connectivity index (χ1n) is 10.4. The van der Waals surface area contributed by atoms with Crippen LogP contribution in [0.4, 0.5) is 0 Å². The van der Waals surface area contributed by atoms with E-state index in [4.69, 9.17) is 17.3 Å². The number of sulfonamides is 1. The molecule has 0 spiro atoms. The highest BCUT2D eigenvalue weighted by molar-refractivity contribution is 7.89. The van der Waals surface area contributed by atoms with Crippen LogP contribution in [0.25, 0.3) is 21.3 Å². The van der Waals surface area contributed by atoms with Crippen LogP contribution in [0.5, 0.6) is 0 Å². The molecule has 2 aromatic heterocycles. The second-order valence-corrected chi connectivity index (χ2v) is 11.4. The highest BCUT2D eigenvalue weighted by Crippen LogP contribution is 2.38. The highest BCUT2D eigenvalue weighted by atomic mass is 35.5. The summed E-state index contributed by atoms with van der Waals surface area (Å²) in [5, 5.41) is 3.12. The molecule has 0 saturated carbocycles. The molecule has 0 unspecified atom stereocenters. The fourth-order valence-electron chi connectivity index (χ4n) is 4.39. The van der Waals surface area contributed by atoms with Crippen LogP contribution < -0.4 is 5.73 Å². The number of aromatic nitrogens is 1. The summed E-state index contributed by atoms with van der Waals surface area (Å²) in [5.74, 6) is 0.352. The molecule has 3 heterocycles. The van der Waals surface area contributed by atoms with Crippen molar-refractivity contribution >= 4 is 49.8 Å². The molecule has 166 valence electrons. The molecular formula is C22H26ClN3O3S2. The van der Waals surface area contributed by atoms with Gasteiger partial charge in [-0.05, 0) is 65.4 Å². The maximum Gasteiger partial charge on any atom is 0.221 e. The van der Waals surface area contributed by atoms with Gasteiger partial charge < -0.3 is 10.7 Å². The van der Waals surface area contributed by atoms with E-state index in [0.29, 0.717) is 25.4 Å². The first kappa shape index (κ1) is 22.3. The van der Waals surface area contributed by atoms with E-state index in [1.165, 1.54) is 5.56 Å². The Bertz CT molecular complexity index is 1160. The van der Waals surface area contributed by atoms with Crippen LogP contribution in [-0.4, -0.2) is 48.3 Å². The highest BCUT2D eigenvalue weighted by Gasteiger charge is 2.29. The third kappa shape index (κ3) is 4.82. The number of aromatic amines is 1. The molecule has 31 heavy (non-hydrogen) atoms. The lowest BCUT2D eigenvalue weighted by Crippen LogP contribution is -2.39. The number of amides is 1. The predicted octanol–water partition coefficient (Wildman–Crippen LogP) is 4.06. The number of halogens is 1. The fourth-order valence-corrected chi connectivity index (χ4v) is 6.93. The Morgan fingerprint density at radius 2 is 2.06 bits per heavy atom. The molecule has 9 heteroatoms. The largest absolute Gasteiger partial charge is 0.369 e. The Morgan fingerprint density at radius 1 is 1.29 bits per heavy atom. The van der Waals surface area contributed by atoms with Gasteiger partial charge in [0.25, 0.3) is 0 Å². The average Bonchev–Trinajstić information content (AvgIpc) is 3.42. The van der Waals surface area contributed by atoms with Crippen LogP contribution >= 0.6 is 22.9 Å². The van der Waals surface area contributed by atoms with Gasteiger partial charge in [0.05, 0.1) is 12.2 Å². The number of carbonyl (C=O) groups excluding carboxylic acids is 1. The molecule has 6 nitrogen and oxygen atoms in total. The number of benzene rings is 1. The molecule has 4 rings (SSSR count). The molecular weight excluding hydrogens is 454 g/mol. The predicted molar refractivity (Wildman–Crippen MR) is 127 cm³/mol. The number of hydrogen-bond donors (Lipinski definition) is 2. The quantitative estimate of drug-likeness (QED) is 0.477. The molecule has 1 aromatic carbocycles. The summed E-state index contributed by atoms with van der Waals surface area (Å²) in [5.41, 5.74) is 9.58. The van der Waals surface area contributed by atoms with Crippen molar-refractivity contribution < 1.29 is 13.2 Å². The van der Waals surface area contributed by atoms with E-state index in [1.807, 2.05) is 23.7 Å². The molecule has 1 saturated heterocycles. The Hall–Kier alpha value is -1.87. The van der Waals surface area contributed by atoms with Crippen LogP contribution in [0.15, 0.2) is 35.8 Å². The van der Waals surface area contributed by atoms with Crippen molar-refractivity contribution in [2.75, 3.05) is 24.7 Å². The Morgan fingerprint density at radius 3 is 2.71 bits per heavy atom. The van der Waals surface area contributed by atoms with Crippen molar-refractivity contribution in [2.24, 2.45) is 5.73 Å². The molecule has 1 amide bonds. The SMILES string of the molecule is NC(=O)Cc1cc(-c2cccs2)cc2c(C3CCN(S(=O)(=O)CCCCl)CC3)c[nH]c12. The van der Waals surface area contributed by atoms with Gasteiger partial charge in [-0.1, -0.05) is 6.07 Å². The summed E-state index contributed by atoms with van der Waals surface area (Å²) in [6.45, 7) is 1.03. The summed E-state index contributed by atoms with van der Waals surface area (Å²) >= 11 is 7.33. The van der Waals surface area contributed by atoms with Crippen LogP contribution in [0, 0.1) is 0 Å². The molecule has 0 aliphatic carbocycles. The third-order valence-corrected chi connectivity index (χ3v) is 9.04. The third-order valence-electron chi connectivity index (χ3n) is 5.90. The summed E-state index contributed by atoms with van der Waals surface area (Å²) in [4.78, 5) is 16.2. The molecule has 1 aliphatic rings. The lowest BCUT2D eigenvalue weighted by Gasteiger charge is -2.31. The lowest BCUT2D eigenvalue weighted by molar-refractivity contribution is -0.117. The van der Waals surface area contributed by atoms with Crippen molar-refractivity contribution in [1.82, 2.24) is 9.29 Å². The first-order valence-corrected chi connectivity index (χ1v) is 13.4. The molecule has 0 bridgehead atoms. The van der Waals surface area contributed by atoms with Crippen LogP contribution in [0.2, 0.25) is 0 Å². The van der Waals surface area contributed by atoms with Gasteiger partial charge in [-0.15, -0.1) is 22.9 Å². The van der Waals surface area contributed by atoms with Crippen molar-refractivity contribution in [3.63, 3.8) is 0 Å². The van der Waals surface area contributed by atoms with Gasteiger partial charge in [-0.3, -0.25) is 4.79 Å². The molecule has 0 atom stereocenters. The van der Waals surface area contributed by atoms with Crippen molar-refractivity contribution in [3.05, 3.63) is 47.0 Å². The van der Waals surface area contributed by atoms with E-state index in [9.17, 15) is 13.2 Å². The second kappa shape index (κ2) is 9.32. The number of alkyl halides is 1. The van der Waals surface area contributed by atoms with E-state index in [-0.39, 0.29) is 24.0 Å². The zero-order valence-corrected chi connectivity index (χ0v) is 19.5. The molecule has 1 fully saturated rings. The first-order chi connectivity index (χ1) is 14.9. The van der Waals surface area contributed by atoms with Crippen molar-refractivity contribution in [2.45, 2.75) is 31.6 Å². The Labute approximate surface area is 191 Å². The number of nitrogens with zero attached hydrogens (tertiary/aromatic N) is 1. The number of piperidine rings is 1. The van der Waals surface area contributed by atoms with E-state index in [1.54, 1.807) is 15.6 Å². The fraction of sp³-hybridized carbons (Fsp3) is 0.409. The lowest BCUT2D eigenvalue weighted by atomic mass is 9.89. The standard InChI is InChI=1S/C22H26ClN3O3S2/c23-6-2-10-31(28,29)26-7-4-15(5-8-26)19-14-25-22-17(13-21(24)27)11-16(12-18(19)22)20-3-1-9-30-20/h1,3,9,11-12,14-15,25H,2,4-8,10,13H2,(H2,24,27).